The van der Waals surface area contributed by atoms with E-state index in [4.69, 9.17) is 10.5 Å². The minimum absolute atomic E-state index is 0.0590. The van der Waals surface area contributed by atoms with E-state index >= 15 is 0 Å². The number of thiophene rings is 1. The van der Waals surface area contributed by atoms with Gasteiger partial charge in [0.05, 0.1) is 11.5 Å². The van der Waals surface area contributed by atoms with Gasteiger partial charge in [0.25, 0.3) is 5.91 Å². The maximum Gasteiger partial charge on any atom is 0.286 e. The summed E-state index contributed by atoms with van der Waals surface area (Å²) >= 11 is 1.47. The van der Waals surface area contributed by atoms with Crippen molar-refractivity contribution in [2.75, 3.05) is 12.4 Å². The van der Waals surface area contributed by atoms with Gasteiger partial charge in [-0.1, -0.05) is 0 Å². The Hall–Kier alpha value is -1.73. The van der Waals surface area contributed by atoms with Crippen LogP contribution < -0.4 is 11.1 Å². The van der Waals surface area contributed by atoms with Gasteiger partial charge in [-0.15, -0.1) is 11.3 Å². The van der Waals surface area contributed by atoms with Crippen LogP contribution >= 0.6 is 11.3 Å². The van der Waals surface area contributed by atoms with E-state index in [9.17, 15) is 4.79 Å². The zero-order valence-corrected chi connectivity index (χ0v) is 11.9. The average Bonchev–Trinajstić information content (AvgIpc) is 3.06. The Kier molecular flexibility index (Phi) is 3.54. The van der Waals surface area contributed by atoms with Crippen molar-refractivity contribution >= 4 is 33.3 Å². The lowest BCUT2D eigenvalue weighted by molar-refractivity contribution is 0.0990. The summed E-state index contributed by atoms with van der Waals surface area (Å²) in [6.07, 6.45) is 3.30. The van der Waals surface area contributed by atoms with Gasteiger partial charge >= 0.3 is 0 Å². The van der Waals surface area contributed by atoms with Crippen LogP contribution in [0.25, 0.3) is 10.2 Å². The zero-order valence-electron chi connectivity index (χ0n) is 11.1. The number of anilines is 1. The van der Waals surface area contributed by atoms with Crippen LogP contribution in [0.15, 0.2) is 11.4 Å². The summed E-state index contributed by atoms with van der Waals surface area (Å²) in [6, 6.07) is 2.26. The number of aromatic nitrogens is 2. The smallest absolute Gasteiger partial charge is 0.286 e. The van der Waals surface area contributed by atoms with Crippen molar-refractivity contribution in [2.45, 2.75) is 31.4 Å². The number of amides is 1. The summed E-state index contributed by atoms with van der Waals surface area (Å²) in [6.45, 7) is 0. The first kappa shape index (κ1) is 13.3. The van der Waals surface area contributed by atoms with Gasteiger partial charge in [-0.05, 0) is 30.7 Å². The molecule has 0 bridgehead atoms. The molecule has 0 radical (unpaired) electrons. The van der Waals surface area contributed by atoms with Crippen LogP contribution in [0.3, 0.4) is 0 Å². The van der Waals surface area contributed by atoms with Gasteiger partial charge in [0.1, 0.15) is 10.6 Å². The van der Waals surface area contributed by atoms with Crippen molar-refractivity contribution < 1.29 is 9.53 Å². The molecule has 3 N–H and O–H groups in total. The second kappa shape index (κ2) is 5.34. The van der Waals surface area contributed by atoms with Crippen LogP contribution in [-0.2, 0) is 4.74 Å². The lowest BCUT2D eigenvalue weighted by Gasteiger charge is -2.14. The van der Waals surface area contributed by atoms with Crippen LogP contribution in [-0.4, -0.2) is 35.1 Å². The van der Waals surface area contributed by atoms with Crippen LogP contribution in [0.4, 0.5) is 5.82 Å². The predicted molar refractivity (Wildman–Crippen MR) is 78.0 cm³/mol. The van der Waals surface area contributed by atoms with Crippen LogP contribution in [0, 0.1) is 0 Å². The number of hydrogen-bond donors (Lipinski definition) is 2. The van der Waals surface area contributed by atoms with Gasteiger partial charge in [0, 0.05) is 13.2 Å². The molecule has 1 fully saturated rings. The molecule has 3 rings (SSSR count). The molecule has 2 aromatic rings. The van der Waals surface area contributed by atoms with Gasteiger partial charge in [-0.3, -0.25) is 4.79 Å². The Morgan fingerprint density at radius 2 is 2.35 bits per heavy atom. The van der Waals surface area contributed by atoms with E-state index in [1.165, 1.54) is 11.3 Å². The highest BCUT2D eigenvalue weighted by atomic mass is 32.1. The van der Waals surface area contributed by atoms with E-state index in [0.717, 1.165) is 29.5 Å². The van der Waals surface area contributed by atoms with Crippen molar-refractivity contribution in [1.29, 1.82) is 0 Å². The van der Waals surface area contributed by atoms with Crippen LogP contribution in [0.1, 0.15) is 29.9 Å². The first-order valence-electron chi connectivity index (χ1n) is 6.51. The van der Waals surface area contributed by atoms with E-state index < -0.39 is 5.91 Å². The third-order valence-corrected chi connectivity index (χ3v) is 4.41. The number of primary amides is 1. The van der Waals surface area contributed by atoms with Gasteiger partial charge in [0.15, 0.2) is 0 Å². The fourth-order valence-corrected chi connectivity index (χ4v) is 3.32. The molecule has 2 aromatic heterocycles. The van der Waals surface area contributed by atoms with Gasteiger partial charge in [-0.25, -0.2) is 9.97 Å². The minimum Gasteiger partial charge on any atom is -0.381 e. The first-order chi connectivity index (χ1) is 9.67. The topological polar surface area (TPSA) is 90.1 Å². The SMILES string of the molecule is CO[C@H]1CC[C@@H](Nc2nc(C(N)=O)nc3sccc23)C1. The van der Waals surface area contributed by atoms with Crippen molar-refractivity contribution in [3.05, 3.63) is 17.3 Å². The number of nitrogens with one attached hydrogen (secondary N) is 1. The monoisotopic (exact) mass is 292 g/mol. The summed E-state index contributed by atoms with van der Waals surface area (Å²) < 4.78 is 5.37. The summed E-state index contributed by atoms with van der Waals surface area (Å²) in [4.78, 5) is 20.5. The molecular formula is C13H16N4O2S. The summed E-state index contributed by atoms with van der Waals surface area (Å²) in [7, 11) is 1.74. The number of nitrogens with two attached hydrogens (primary N) is 1. The minimum atomic E-state index is -0.607. The molecule has 1 amide bonds. The summed E-state index contributed by atoms with van der Waals surface area (Å²) in [5, 5.41) is 6.26. The number of rotatable bonds is 4. The molecule has 0 aliphatic heterocycles. The molecule has 2 heterocycles. The van der Waals surface area contributed by atoms with Crippen molar-refractivity contribution in [3.63, 3.8) is 0 Å². The Balaban J connectivity index is 1.90. The molecule has 1 saturated carbocycles. The Bertz CT molecular complexity index is 642. The summed E-state index contributed by atoms with van der Waals surface area (Å²) in [5.74, 6) is 0.139. The Labute approximate surface area is 120 Å². The predicted octanol–water partition coefficient (Wildman–Crippen LogP) is 1.77. The van der Waals surface area contributed by atoms with E-state index in [1.807, 2.05) is 11.4 Å². The van der Waals surface area contributed by atoms with E-state index in [2.05, 4.69) is 15.3 Å². The molecule has 1 aliphatic carbocycles. The molecule has 6 nitrogen and oxygen atoms in total. The lowest BCUT2D eigenvalue weighted by atomic mass is 10.2. The maximum atomic E-state index is 11.3. The molecular weight excluding hydrogens is 276 g/mol. The number of fused-ring (bicyclic) bond motifs is 1. The summed E-state index contributed by atoms with van der Waals surface area (Å²) in [5.41, 5.74) is 5.29. The third-order valence-electron chi connectivity index (χ3n) is 3.60. The fourth-order valence-electron chi connectivity index (χ4n) is 2.55. The van der Waals surface area contributed by atoms with Crippen LogP contribution in [0.2, 0.25) is 0 Å². The Morgan fingerprint density at radius 3 is 3.05 bits per heavy atom. The molecule has 106 valence electrons. The zero-order chi connectivity index (χ0) is 14.1. The molecule has 0 saturated heterocycles. The Morgan fingerprint density at radius 1 is 1.50 bits per heavy atom. The number of carbonyl (C=O) groups is 1. The number of nitrogens with zero attached hydrogens (tertiary/aromatic N) is 2. The van der Waals surface area contributed by atoms with Gasteiger partial charge in [-0.2, -0.15) is 0 Å². The maximum absolute atomic E-state index is 11.3. The molecule has 0 unspecified atom stereocenters. The highest BCUT2D eigenvalue weighted by molar-refractivity contribution is 7.16. The molecule has 2 atom stereocenters. The van der Waals surface area contributed by atoms with Crippen LogP contribution in [0.5, 0.6) is 0 Å². The molecule has 20 heavy (non-hydrogen) atoms. The second-order valence-electron chi connectivity index (χ2n) is 4.91. The third kappa shape index (κ3) is 2.46. The standard InChI is InChI=1S/C13H16N4O2S/c1-19-8-3-2-7(6-8)15-11-9-4-5-20-13(9)17-12(16-11)10(14)18/h4-5,7-8H,2-3,6H2,1H3,(H2,14,18)(H,15,16,17)/t7-,8+/m1/s1. The molecule has 1 aliphatic rings. The number of methoxy groups -OCH3 is 1. The van der Waals surface area contributed by atoms with Gasteiger partial charge < -0.3 is 15.8 Å². The highest BCUT2D eigenvalue weighted by Crippen LogP contribution is 2.29. The number of ether oxygens (including phenoxy) is 1. The normalized spacial score (nSPS) is 22.2. The van der Waals surface area contributed by atoms with Crippen molar-refractivity contribution in [1.82, 2.24) is 9.97 Å². The van der Waals surface area contributed by atoms with Crippen molar-refractivity contribution in [3.8, 4) is 0 Å². The van der Waals surface area contributed by atoms with Crippen molar-refractivity contribution in [2.24, 2.45) is 5.73 Å². The molecule has 0 aromatic carbocycles. The van der Waals surface area contributed by atoms with Gasteiger partial charge in [0.2, 0.25) is 5.82 Å². The molecule has 0 spiro atoms. The average molecular weight is 292 g/mol. The quantitative estimate of drug-likeness (QED) is 0.896. The number of carbonyl (C=O) groups excluding carboxylic acids is 1. The fraction of sp³-hybridized carbons (Fsp3) is 0.462. The lowest BCUT2D eigenvalue weighted by Crippen LogP contribution is -2.21. The largest absolute Gasteiger partial charge is 0.381 e. The van der Waals surface area contributed by atoms with E-state index in [1.54, 1.807) is 7.11 Å². The number of hydrogen-bond acceptors (Lipinski definition) is 6. The van der Waals surface area contributed by atoms with E-state index in [-0.39, 0.29) is 5.82 Å². The molecule has 7 heteroatoms. The van der Waals surface area contributed by atoms with E-state index in [0.29, 0.717) is 18.0 Å². The second-order valence-corrected chi connectivity index (χ2v) is 5.81. The first-order valence-corrected chi connectivity index (χ1v) is 7.39. The highest BCUT2D eigenvalue weighted by Gasteiger charge is 2.25.